The number of thiazole rings is 1. The lowest BCUT2D eigenvalue weighted by molar-refractivity contribution is -0.142. The van der Waals surface area contributed by atoms with E-state index in [2.05, 4.69) is 4.98 Å². The van der Waals surface area contributed by atoms with Crippen LogP contribution in [0.5, 0.6) is 5.75 Å². The highest BCUT2D eigenvalue weighted by Gasteiger charge is 2.15. The number of rotatable bonds is 5. The predicted octanol–water partition coefficient (Wildman–Crippen LogP) is 0.714. The molecule has 0 radical (unpaired) electrons. The van der Waals surface area contributed by atoms with Crippen molar-refractivity contribution in [3.05, 3.63) is 18.2 Å². The zero-order valence-electron chi connectivity index (χ0n) is 10.5. The molecule has 21 heavy (non-hydrogen) atoms. The number of hydrogen-bond acceptors (Lipinski definition) is 7. The molecule has 10 heteroatoms. The lowest BCUT2D eigenvalue weighted by Gasteiger charge is -2.02. The highest BCUT2D eigenvalue weighted by molar-refractivity contribution is 7.91. The quantitative estimate of drug-likeness (QED) is 0.608. The van der Waals surface area contributed by atoms with Crippen LogP contribution in [-0.2, 0) is 19.6 Å². The molecule has 0 unspecified atom stereocenters. The molecule has 1 heterocycles. The average molecular weight is 330 g/mol. The Labute approximate surface area is 123 Å². The molecule has 112 valence electrons. The lowest BCUT2D eigenvalue weighted by Crippen LogP contribution is -2.11. The fourth-order valence-corrected chi connectivity index (χ4v) is 3.15. The predicted molar refractivity (Wildman–Crippen MR) is 73.5 cm³/mol. The van der Waals surface area contributed by atoms with Gasteiger partial charge in [0.1, 0.15) is 5.75 Å². The van der Waals surface area contributed by atoms with Crippen molar-refractivity contribution < 1.29 is 27.9 Å². The summed E-state index contributed by atoms with van der Waals surface area (Å²) in [6.07, 6.45) is -0.574. The van der Waals surface area contributed by atoms with Gasteiger partial charge in [0.05, 0.1) is 23.1 Å². The van der Waals surface area contributed by atoms with Crippen molar-refractivity contribution in [3.63, 3.8) is 0 Å². The Morgan fingerprint density at radius 3 is 2.67 bits per heavy atom. The maximum Gasteiger partial charge on any atom is 0.311 e. The van der Waals surface area contributed by atoms with Crippen molar-refractivity contribution in [2.75, 3.05) is 0 Å². The maximum absolute atomic E-state index is 11.4. The van der Waals surface area contributed by atoms with Gasteiger partial charge in [0.25, 0.3) is 10.0 Å². The molecule has 0 saturated heterocycles. The minimum Gasteiger partial charge on any atom is -0.481 e. The van der Waals surface area contributed by atoms with Gasteiger partial charge in [0.2, 0.25) is 4.34 Å². The zero-order chi connectivity index (χ0) is 15.6. The van der Waals surface area contributed by atoms with Crippen LogP contribution < -0.4 is 9.88 Å². The van der Waals surface area contributed by atoms with Gasteiger partial charge in [-0.1, -0.05) is 0 Å². The number of esters is 1. The molecule has 2 aromatic rings. The van der Waals surface area contributed by atoms with Crippen LogP contribution in [0.2, 0.25) is 0 Å². The molecule has 0 atom stereocenters. The number of nitrogens with zero attached hydrogens (tertiary/aromatic N) is 1. The SMILES string of the molecule is NS(=O)(=O)c1nc2ccc(OC(=O)CCC(=O)O)cc2s1. The number of hydrogen-bond donors (Lipinski definition) is 2. The normalized spacial score (nSPS) is 11.5. The van der Waals surface area contributed by atoms with Crippen LogP contribution in [0.3, 0.4) is 0 Å². The Morgan fingerprint density at radius 1 is 1.33 bits per heavy atom. The highest BCUT2D eigenvalue weighted by Crippen LogP contribution is 2.28. The number of fused-ring (bicyclic) bond motifs is 1. The van der Waals surface area contributed by atoms with Crippen LogP contribution in [0, 0.1) is 0 Å². The Balaban J connectivity index is 2.19. The smallest absolute Gasteiger partial charge is 0.311 e. The second kappa shape index (κ2) is 5.76. The van der Waals surface area contributed by atoms with Gasteiger partial charge in [-0.15, -0.1) is 11.3 Å². The summed E-state index contributed by atoms with van der Waals surface area (Å²) in [6, 6.07) is 4.37. The van der Waals surface area contributed by atoms with Crippen LogP contribution in [0.1, 0.15) is 12.8 Å². The number of carboxylic acids is 1. The van der Waals surface area contributed by atoms with Crippen LogP contribution >= 0.6 is 11.3 Å². The summed E-state index contributed by atoms with van der Waals surface area (Å²) in [5.41, 5.74) is 0.411. The molecule has 0 aliphatic heterocycles. The van der Waals surface area contributed by atoms with Gasteiger partial charge in [0, 0.05) is 6.07 Å². The van der Waals surface area contributed by atoms with E-state index in [1.54, 1.807) is 0 Å². The number of aromatic nitrogens is 1. The number of carboxylic acid groups (broad SMARTS) is 1. The summed E-state index contributed by atoms with van der Waals surface area (Å²) < 4.78 is 27.6. The van der Waals surface area contributed by atoms with E-state index in [0.29, 0.717) is 10.2 Å². The number of primary sulfonamides is 1. The third-order valence-corrected chi connectivity index (χ3v) is 4.70. The van der Waals surface area contributed by atoms with E-state index >= 15 is 0 Å². The first-order chi connectivity index (χ1) is 9.75. The molecule has 8 nitrogen and oxygen atoms in total. The van der Waals surface area contributed by atoms with Gasteiger partial charge in [-0.05, 0) is 12.1 Å². The van der Waals surface area contributed by atoms with E-state index in [9.17, 15) is 18.0 Å². The molecule has 0 amide bonds. The van der Waals surface area contributed by atoms with Gasteiger partial charge in [-0.25, -0.2) is 18.5 Å². The second-order valence-corrected chi connectivity index (χ2v) is 6.79. The third-order valence-electron chi connectivity index (χ3n) is 2.36. The zero-order valence-corrected chi connectivity index (χ0v) is 12.1. The molecule has 2 rings (SSSR count). The van der Waals surface area contributed by atoms with Crippen molar-refractivity contribution in [1.82, 2.24) is 4.98 Å². The van der Waals surface area contributed by atoms with Crippen LogP contribution in [0.25, 0.3) is 10.2 Å². The Kier molecular flexibility index (Phi) is 4.21. The fraction of sp³-hybridized carbons (Fsp3) is 0.182. The van der Waals surface area contributed by atoms with Crippen molar-refractivity contribution in [2.24, 2.45) is 5.14 Å². The highest BCUT2D eigenvalue weighted by atomic mass is 32.2. The van der Waals surface area contributed by atoms with Gasteiger partial charge < -0.3 is 9.84 Å². The van der Waals surface area contributed by atoms with E-state index < -0.39 is 22.0 Å². The summed E-state index contributed by atoms with van der Waals surface area (Å²) in [7, 11) is -3.88. The molecule has 1 aromatic carbocycles. The van der Waals surface area contributed by atoms with Crippen LogP contribution in [0.15, 0.2) is 22.5 Å². The number of carbonyl (C=O) groups is 2. The summed E-state index contributed by atoms with van der Waals surface area (Å²) in [6.45, 7) is 0. The Morgan fingerprint density at radius 2 is 2.05 bits per heavy atom. The van der Waals surface area contributed by atoms with Crippen molar-refractivity contribution in [2.45, 2.75) is 17.2 Å². The molecule has 0 aliphatic carbocycles. The molecule has 1 aromatic heterocycles. The minimum absolute atomic E-state index is 0.183. The average Bonchev–Trinajstić information content (AvgIpc) is 2.79. The van der Waals surface area contributed by atoms with Crippen molar-refractivity contribution >= 4 is 43.5 Å². The van der Waals surface area contributed by atoms with Crippen molar-refractivity contribution in [1.29, 1.82) is 0 Å². The number of carbonyl (C=O) groups excluding carboxylic acids is 1. The van der Waals surface area contributed by atoms with Crippen LogP contribution in [-0.4, -0.2) is 30.4 Å². The van der Waals surface area contributed by atoms with Gasteiger partial charge in [-0.2, -0.15) is 0 Å². The second-order valence-electron chi connectivity index (χ2n) is 4.02. The van der Waals surface area contributed by atoms with E-state index in [0.717, 1.165) is 11.3 Å². The first-order valence-electron chi connectivity index (χ1n) is 5.61. The van der Waals surface area contributed by atoms with E-state index in [4.69, 9.17) is 15.0 Å². The molecule has 0 bridgehead atoms. The van der Waals surface area contributed by atoms with Crippen LogP contribution in [0.4, 0.5) is 0 Å². The van der Waals surface area contributed by atoms with Crippen molar-refractivity contribution in [3.8, 4) is 5.75 Å². The standard InChI is InChI=1S/C11H10N2O6S2/c12-21(17,18)11-13-7-2-1-6(5-8(7)20-11)19-10(16)4-3-9(14)15/h1-2,5H,3-4H2,(H,14,15)(H2,12,17,18). The molecular weight excluding hydrogens is 320 g/mol. The lowest BCUT2D eigenvalue weighted by atomic mass is 10.3. The molecule has 3 N–H and O–H groups in total. The van der Waals surface area contributed by atoms with Gasteiger partial charge >= 0.3 is 11.9 Å². The Bertz CT molecular complexity index is 811. The van der Waals surface area contributed by atoms with Gasteiger partial charge in [0.15, 0.2) is 0 Å². The first-order valence-corrected chi connectivity index (χ1v) is 7.98. The summed E-state index contributed by atoms with van der Waals surface area (Å²) in [5.74, 6) is -1.60. The number of nitrogens with two attached hydrogens (primary N) is 1. The molecule has 0 spiro atoms. The fourth-order valence-electron chi connectivity index (χ4n) is 1.46. The monoisotopic (exact) mass is 330 g/mol. The first kappa shape index (κ1) is 15.4. The largest absolute Gasteiger partial charge is 0.481 e. The van der Waals surface area contributed by atoms with Gasteiger partial charge in [-0.3, -0.25) is 9.59 Å². The van der Waals surface area contributed by atoms with E-state index in [1.165, 1.54) is 18.2 Å². The third kappa shape index (κ3) is 3.97. The summed E-state index contributed by atoms with van der Waals surface area (Å²) in [5, 5.41) is 13.5. The number of ether oxygens (including phenoxy) is 1. The van der Waals surface area contributed by atoms with E-state index in [1.807, 2.05) is 0 Å². The molecule has 0 fully saturated rings. The molecule has 0 aliphatic rings. The number of aliphatic carboxylic acids is 1. The van der Waals surface area contributed by atoms with E-state index in [-0.39, 0.29) is 22.9 Å². The summed E-state index contributed by atoms with van der Waals surface area (Å²) in [4.78, 5) is 25.6. The Hall–Kier alpha value is -2.04. The number of benzene rings is 1. The molecular formula is C11H10N2O6S2. The number of sulfonamides is 1. The summed E-state index contributed by atoms with van der Waals surface area (Å²) >= 11 is 0.854. The minimum atomic E-state index is -3.88. The molecule has 0 saturated carbocycles. The topological polar surface area (TPSA) is 137 Å². The maximum atomic E-state index is 11.4.